The zero-order valence-electron chi connectivity index (χ0n) is 12.0. The van der Waals surface area contributed by atoms with Crippen molar-refractivity contribution in [3.63, 3.8) is 0 Å². The van der Waals surface area contributed by atoms with Gasteiger partial charge in [0.15, 0.2) is 11.5 Å². The summed E-state index contributed by atoms with van der Waals surface area (Å²) in [6.45, 7) is 6.09. The molecule has 1 aromatic carbocycles. The van der Waals surface area contributed by atoms with Crippen LogP contribution in [0.5, 0.6) is 0 Å². The molecule has 20 heavy (non-hydrogen) atoms. The van der Waals surface area contributed by atoms with E-state index in [9.17, 15) is 0 Å². The lowest BCUT2D eigenvalue weighted by atomic mass is 10.1. The van der Waals surface area contributed by atoms with E-state index in [4.69, 9.17) is 5.73 Å². The molecular formula is C16H18N4. The normalized spacial score (nSPS) is 11.2. The van der Waals surface area contributed by atoms with Gasteiger partial charge in [-0.2, -0.15) is 0 Å². The van der Waals surface area contributed by atoms with Crippen LogP contribution >= 0.6 is 0 Å². The predicted molar refractivity (Wildman–Crippen MR) is 80.9 cm³/mol. The van der Waals surface area contributed by atoms with Gasteiger partial charge in [0.05, 0.1) is 0 Å². The van der Waals surface area contributed by atoms with Gasteiger partial charge in [-0.05, 0) is 32.4 Å². The molecule has 2 heterocycles. The van der Waals surface area contributed by atoms with E-state index in [-0.39, 0.29) is 0 Å². The van der Waals surface area contributed by atoms with Crippen LogP contribution in [-0.2, 0) is 6.42 Å². The van der Waals surface area contributed by atoms with Crippen molar-refractivity contribution in [2.75, 3.05) is 5.73 Å². The van der Waals surface area contributed by atoms with Gasteiger partial charge in [-0.1, -0.05) is 29.8 Å². The third-order valence-electron chi connectivity index (χ3n) is 3.52. The second kappa shape index (κ2) is 4.63. The van der Waals surface area contributed by atoms with Gasteiger partial charge in [0.2, 0.25) is 0 Å². The number of anilines is 1. The monoisotopic (exact) mass is 266 g/mol. The van der Waals surface area contributed by atoms with Crippen LogP contribution in [0.2, 0.25) is 0 Å². The van der Waals surface area contributed by atoms with Gasteiger partial charge in [-0.15, -0.1) is 5.10 Å². The Morgan fingerprint density at radius 2 is 1.80 bits per heavy atom. The maximum absolute atomic E-state index is 6.08. The molecule has 0 unspecified atom stereocenters. The van der Waals surface area contributed by atoms with Crippen LogP contribution in [0.15, 0.2) is 30.3 Å². The molecule has 0 saturated carbocycles. The minimum Gasteiger partial charge on any atom is -0.382 e. The molecule has 0 fully saturated rings. The molecule has 2 N–H and O–H groups in total. The molecule has 0 aliphatic rings. The average molecular weight is 266 g/mol. The van der Waals surface area contributed by atoms with Crippen molar-refractivity contribution in [3.8, 4) is 0 Å². The lowest BCUT2D eigenvalue weighted by molar-refractivity contribution is 0.890. The van der Waals surface area contributed by atoms with Gasteiger partial charge in [-0.3, -0.25) is 0 Å². The molecular weight excluding hydrogens is 248 g/mol. The van der Waals surface area contributed by atoms with Crippen LogP contribution in [0.4, 0.5) is 5.82 Å². The van der Waals surface area contributed by atoms with Gasteiger partial charge in [0.25, 0.3) is 0 Å². The first-order valence-electron chi connectivity index (χ1n) is 6.71. The number of hydrogen-bond acceptors (Lipinski definition) is 3. The van der Waals surface area contributed by atoms with E-state index in [1.165, 1.54) is 11.1 Å². The van der Waals surface area contributed by atoms with E-state index >= 15 is 0 Å². The van der Waals surface area contributed by atoms with Crippen molar-refractivity contribution in [1.29, 1.82) is 0 Å². The number of benzene rings is 1. The molecule has 4 nitrogen and oxygen atoms in total. The highest BCUT2D eigenvalue weighted by molar-refractivity contribution is 5.61. The summed E-state index contributed by atoms with van der Waals surface area (Å²) in [4.78, 5) is 4.59. The van der Waals surface area contributed by atoms with Gasteiger partial charge < -0.3 is 5.73 Å². The van der Waals surface area contributed by atoms with E-state index in [0.717, 1.165) is 29.0 Å². The summed E-state index contributed by atoms with van der Waals surface area (Å²) in [5, 5.41) is 4.40. The number of hydrogen-bond donors (Lipinski definition) is 1. The fourth-order valence-corrected chi connectivity index (χ4v) is 2.46. The maximum atomic E-state index is 6.08. The smallest absolute Gasteiger partial charge is 0.161 e. The molecule has 0 bridgehead atoms. The Balaban J connectivity index is 2.11. The summed E-state index contributed by atoms with van der Waals surface area (Å²) >= 11 is 0. The summed E-state index contributed by atoms with van der Waals surface area (Å²) in [6.07, 6.45) is 0.755. The molecule has 3 aromatic rings. The zero-order valence-corrected chi connectivity index (χ0v) is 12.0. The van der Waals surface area contributed by atoms with Gasteiger partial charge in [0, 0.05) is 23.4 Å². The molecule has 3 rings (SSSR count). The molecule has 4 heteroatoms. The molecule has 0 aliphatic heterocycles. The van der Waals surface area contributed by atoms with Crippen LogP contribution in [0, 0.1) is 20.8 Å². The summed E-state index contributed by atoms with van der Waals surface area (Å²) in [7, 11) is 0. The number of nitrogen functional groups attached to an aromatic ring is 1. The van der Waals surface area contributed by atoms with Crippen molar-refractivity contribution in [1.82, 2.24) is 14.6 Å². The van der Waals surface area contributed by atoms with Crippen LogP contribution < -0.4 is 5.73 Å². The maximum Gasteiger partial charge on any atom is 0.161 e. The average Bonchev–Trinajstić information content (AvgIpc) is 2.70. The quantitative estimate of drug-likeness (QED) is 0.776. The molecule has 0 amide bonds. The van der Waals surface area contributed by atoms with Crippen molar-refractivity contribution < 1.29 is 0 Å². The SMILES string of the molecule is Cc1ccc(Cc2c(N)nn3c(C)cc(C)nc23)cc1. The number of nitrogens with zero attached hydrogens (tertiary/aromatic N) is 3. The Morgan fingerprint density at radius 3 is 2.50 bits per heavy atom. The third-order valence-corrected chi connectivity index (χ3v) is 3.52. The lowest BCUT2D eigenvalue weighted by Crippen LogP contribution is -1.98. The van der Waals surface area contributed by atoms with Crippen LogP contribution in [-0.4, -0.2) is 14.6 Å². The van der Waals surface area contributed by atoms with Crippen molar-refractivity contribution in [2.45, 2.75) is 27.2 Å². The molecule has 0 spiro atoms. The van der Waals surface area contributed by atoms with Crippen LogP contribution in [0.3, 0.4) is 0 Å². The fraction of sp³-hybridized carbons (Fsp3) is 0.250. The topological polar surface area (TPSA) is 56.2 Å². The van der Waals surface area contributed by atoms with Gasteiger partial charge >= 0.3 is 0 Å². The molecule has 0 radical (unpaired) electrons. The second-order valence-corrected chi connectivity index (χ2v) is 5.30. The predicted octanol–water partition coefficient (Wildman–Crippen LogP) is 2.83. The molecule has 0 aliphatic carbocycles. The summed E-state index contributed by atoms with van der Waals surface area (Å²) in [5.74, 6) is 0.562. The highest BCUT2D eigenvalue weighted by Gasteiger charge is 2.13. The number of aromatic nitrogens is 3. The number of rotatable bonds is 2. The molecule has 0 saturated heterocycles. The highest BCUT2D eigenvalue weighted by Crippen LogP contribution is 2.22. The minimum atomic E-state index is 0.562. The van der Waals surface area contributed by atoms with Crippen LogP contribution in [0.25, 0.3) is 5.65 Å². The Hall–Kier alpha value is -2.36. The van der Waals surface area contributed by atoms with E-state index in [2.05, 4.69) is 41.3 Å². The van der Waals surface area contributed by atoms with Gasteiger partial charge in [0.1, 0.15) is 0 Å². The fourth-order valence-electron chi connectivity index (χ4n) is 2.46. The zero-order chi connectivity index (χ0) is 14.3. The highest BCUT2D eigenvalue weighted by atomic mass is 15.3. The summed E-state index contributed by atoms with van der Waals surface area (Å²) < 4.78 is 1.83. The Bertz CT molecular complexity index is 769. The largest absolute Gasteiger partial charge is 0.382 e. The molecule has 102 valence electrons. The summed E-state index contributed by atoms with van der Waals surface area (Å²) in [5.41, 5.74) is 12.5. The van der Waals surface area contributed by atoms with Crippen LogP contribution in [0.1, 0.15) is 28.1 Å². The molecule has 2 aromatic heterocycles. The first-order valence-corrected chi connectivity index (χ1v) is 6.71. The first-order chi connectivity index (χ1) is 9.54. The van der Waals surface area contributed by atoms with Crippen molar-refractivity contribution in [3.05, 3.63) is 58.4 Å². The number of nitrogens with two attached hydrogens (primary N) is 1. The van der Waals surface area contributed by atoms with E-state index in [1.54, 1.807) is 0 Å². The number of aryl methyl sites for hydroxylation is 3. The summed E-state index contributed by atoms with van der Waals surface area (Å²) in [6, 6.07) is 10.5. The standard InChI is InChI=1S/C16H18N4/c1-10-4-6-13(7-5-10)9-14-15(17)19-20-12(3)8-11(2)18-16(14)20/h4-8H,9H2,1-3H3,(H2,17,19). The minimum absolute atomic E-state index is 0.562. The lowest BCUT2D eigenvalue weighted by Gasteiger charge is -2.03. The van der Waals surface area contributed by atoms with E-state index in [0.29, 0.717) is 5.82 Å². The third kappa shape index (κ3) is 2.13. The second-order valence-electron chi connectivity index (χ2n) is 5.30. The van der Waals surface area contributed by atoms with Gasteiger partial charge in [-0.25, -0.2) is 9.50 Å². The van der Waals surface area contributed by atoms with E-state index < -0.39 is 0 Å². The van der Waals surface area contributed by atoms with Crippen molar-refractivity contribution >= 4 is 11.5 Å². The Kier molecular flexibility index (Phi) is 2.93. The number of fused-ring (bicyclic) bond motifs is 1. The van der Waals surface area contributed by atoms with Crippen molar-refractivity contribution in [2.24, 2.45) is 0 Å². The molecule has 0 atom stereocenters. The Labute approximate surface area is 118 Å². The van der Waals surface area contributed by atoms with E-state index in [1.807, 2.05) is 24.4 Å². The first kappa shape index (κ1) is 12.7. The Morgan fingerprint density at radius 1 is 1.10 bits per heavy atom.